The molecule has 0 aliphatic carbocycles. The number of hydrogen-bond donors (Lipinski definition) is 2. The van der Waals surface area contributed by atoms with E-state index >= 15 is 0 Å². The summed E-state index contributed by atoms with van der Waals surface area (Å²) in [4.78, 5) is 0. The van der Waals surface area contributed by atoms with Crippen LogP contribution in [0, 0.1) is 0 Å². The molecular weight excluding hydrogens is 258 g/mol. The molecule has 1 aromatic rings. The van der Waals surface area contributed by atoms with Gasteiger partial charge in [-0.1, -0.05) is 13.8 Å². The summed E-state index contributed by atoms with van der Waals surface area (Å²) in [5.74, 6) is 0. The lowest BCUT2D eigenvalue weighted by molar-refractivity contribution is 0.0317. The molecular formula is C10H18BrN3O. The summed E-state index contributed by atoms with van der Waals surface area (Å²) in [7, 11) is 0. The molecule has 1 heterocycles. The Bertz CT molecular complexity index is 320. The SMILES string of the molecule is CCCn1ncc(Br)c1C(O)(CC)CN. The van der Waals surface area contributed by atoms with Crippen molar-refractivity contribution < 1.29 is 5.11 Å². The zero-order chi connectivity index (χ0) is 11.5. The number of hydrogen-bond acceptors (Lipinski definition) is 3. The predicted octanol–water partition coefficient (Wildman–Crippen LogP) is 1.61. The maximum Gasteiger partial charge on any atom is 0.119 e. The van der Waals surface area contributed by atoms with Gasteiger partial charge < -0.3 is 10.8 Å². The van der Waals surface area contributed by atoms with E-state index in [1.165, 1.54) is 0 Å². The largest absolute Gasteiger partial charge is 0.382 e. The zero-order valence-electron chi connectivity index (χ0n) is 9.20. The molecule has 0 aliphatic rings. The van der Waals surface area contributed by atoms with Crippen LogP contribution in [0.5, 0.6) is 0 Å². The predicted molar refractivity (Wildman–Crippen MR) is 63.5 cm³/mol. The first-order valence-electron chi connectivity index (χ1n) is 5.23. The Balaban J connectivity index is 3.14. The average Bonchev–Trinajstić information content (AvgIpc) is 2.60. The first-order valence-corrected chi connectivity index (χ1v) is 6.02. The zero-order valence-corrected chi connectivity index (χ0v) is 10.8. The molecule has 0 saturated carbocycles. The van der Waals surface area contributed by atoms with Gasteiger partial charge in [0.25, 0.3) is 0 Å². The summed E-state index contributed by atoms with van der Waals surface area (Å²) in [6.45, 7) is 5.00. The summed E-state index contributed by atoms with van der Waals surface area (Å²) in [5.41, 5.74) is 5.44. The van der Waals surface area contributed by atoms with E-state index in [1.807, 2.05) is 11.6 Å². The number of nitrogens with two attached hydrogens (primary N) is 1. The Labute approximate surface area is 98.6 Å². The fraction of sp³-hybridized carbons (Fsp3) is 0.700. The second-order valence-electron chi connectivity index (χ2n) is 3.65. The first-order chi connectivity index (χ1) is 7.09. The van der Waals surface area contributed by atoms with Crippen LogP contribution in [0.4, 0.5) is 0 Å². The minimum Gasteiger partial charge on any atom is -0.382 e. The van der Waals surface area contributed by atoms with Gasteiger partial charge in [0.05, 0.1) is 16.4 Å². The van der Waals surface area contributed by atoms with Gasteiger partial charge in [-0.3, -0.25) is 4.68 Å². The monoisotopic (exact) mass is 275 g/mol. The van der Waals surface area contributed by atoms with E-state index in [0.717, 1.165) is 23.1 Å². The highest BCUT2D eigenvalue weighted by Gasteiger charge is 2.31. The van der Waals surface area contributed by atoms with Crippen LogP contribution in [0.3, 0.4) is 0 Å². The van der Waals surface area contributed by atoms with Gasteiger partial charge in [0.1, 0.15) is 5.60 Å². The highest BCUT2D eigenvalue weighted by Crippen LogP contribution is 2.30. The van der Waals surface area contributed by atoms with Crippen LogP contribution in [0.15, 0.2) is 10.7 Å². The summed E-state index contributed by atoms with van der Waals surface area (Å²) in [6.07, 6.45) is 3.27. The molecule has 3 N–H and O–H groups in total. The molecule has 15 heavy (non-hydrogen) atoms. The Hall–Kier alpha value is -0.390. The Morgan fingerprint density at radius 2 is 2.27 bits per heavy atom. The highest BCUT2D eigenvalue weighted by atomic mass is 79.9. The van der Waals surface area contributed by atoms with Crippen molar-refractivity contribution in [3.63, 3.8) is 0 Å². The van der Waals surface area contributed by atoms with Crippen molar-refractivity contribution in [1.29, 1.82) is 0 Å². The highest BCUT2D eigenvalue weighted by molar-refractivity contribution is 9.10. The summed E-state index contributed by atoms with van der Waals surface area (Å²) in [6, 6.07) is 0. The van der Waals surface area contributed by atoms with Crippen LogP contribution < -0.4 is 5.73 Å². The fourth-order valence-electron chi connectivity index (χ4n) is 1.61. The van der Waals surface area contributed by atoms with Crippen molar-refractivity contribution in [2.24, 2.45) is 5.73 Å². The molecule has 0 aliphatic heterocycles. The Morgan fingerprint density at radius 1 is 1.60 bits per heavy atom. The average molecular weight is 276 g/mol. The molecule has 86 valence electrons. The molecule has 4 nitrogen and oxygen atoms in total. The van der Waals surface area contributed by atoms with Crippen LogP contribution in [0.2, 0.25) is 0 Å². The molecule has 0 amide bonds. The van der Waals surface area contributed by atoms with Crippen LogP contribution in [0.1, 0.15) is 32.4 Å². The molecule has 0 fully saturated rings. The Kier molecular flexibility index (Phi) is 4.31. The van der Waals surface area contributed by atoms with Gasteiger partial charge >= 0.3 is 0 Å². The Morgan fingerprint density at radius 3 is 2.73 bits per heavy atom. The number of nitrogens with zero attached hydrogens (tertiary/aromatic N) is 2. The van der Waals surface area contributed by atoms with Gasteiger partial charge in [-0.25, -0.2) is 0 Å². The second-order valence-corrected chi connectivity index (χ2v) is 4.51. The molecule has 1 atom stereocenters. The lowest BCUT2D eigenvalue weighted by atomic mass is 9.96. The van der Waals surface area contributed by atoms with Crippen LogP contribution >= 0.6 is 15.9 Å². The van der Waals surface area contributed by atoms with E-state index in [2.05, 4.69) is 28.0 Å². The molecule has 0 bridgehead atoms. The van der Waals surface area contributed by atoms with Crippen LogP contribution in [-0.2, 0) is 12.1 Å². The number of aryl methyl sites for hydroxylation is 1. The molecule has 0 radical (unpaired) electrons. The van der Waals surface area contributed by atoms with Crippen LogP contribution in [-0.4, -0.2) is 21.4 Å². The topological polar surface area (TPSA) is 64.1 Å². The maximum atomic E-state index is 10.4. The smallest absolute Gasteiger partial charge is 0.119 e. The van der Waals surface area contributed by atoms with Crippen molar-refractivity contribution in [3.8, 4) is 0 Å². The summed E-state index contributed by atoms with van der Waals surface area (Å²) < 4.78 is 2.64. The van der Waals surface area contributed by atoms with Crippen molar-refractivity contribution >= 4 is 15.9 Å². The molecule has 1 unspecified atom stereocenters. The van der Waals surface area contributed by atoms with E-state index in [0.29, 0.717) is 6.42 Å². The second kappa shape index (κ2) is 5.09. The molecule has 1 aromatic heterocycles. The minimum absolute atomic E-state index is 0.206. The minimum atomic E-state index is -0.982. The van der Waals surface area contributed by atoms with E-state index in [4.69, 9.17) is 5.73 Å². The normalized spacial score (nSPS) is 15.3. The molecule has 1 rings (SSSR count). The molecule has 0 aromatic carbocycles. The van der Waals surface area contributed by atoms with Crippen molar-refractivity contribution in [2.45, 2.75) is 38.8 Å². The number of rotatable bonds is 5. The third-order valence-corrected chi connectivity index (χ3v) is 3.17. The quantitative estimate of drug-likeness (QED) is 0.858. The van der Waals surface area contributed by atoms with E-state index in [9.17, 15) is 5.11 Å². The van der Waals surface area contributed by atoms with Crippen molar-refractivity contribution in [1.82, 2.24) is 9.78 Å². The van der Waals surface area contributed by atoms with E-state index in [-0.39, 0.29) is 6.54 Å². The summed E-state index contributed by atoms with van der Waals surface area (Å²) >= 11 is 3.41. The van der Waals surface area contributed by atoms with Gasteiger partial charge in [0.2, 0.25) is 0 Å². The van der Waals surface area contributed by atoms with E-state index < -0.39 is 5.60 Å². The third kappa shape index (κ3) is 2.41. The third-order valence-electron chi connectivity index (χ3n) is 2.59. The van der Waals surface area contributed by atoms with Gasteiger partial charge in [0.15, 0.2) is 0 Å². The number of halogens is 1. The first kappa shape index (κ1) is 12.7. The van der Waals surface area contributed by atoms with Crippen molar-refractivity contribution in [3.05, 3.63) is 16.4 Å². The lowest BCUT2D eigenvalue weighted by Gasteiger charge is -2.26. The molecule has 0 spiro atoms. The standard InChI is InChI=1S/C10H18BrN3O/c1-3-5-14-9(8(11)6-13-14)10(15,4-2)7-12/h6,15H,3-5,7,12H2,1-2H3. The fourth-order valence-corrected chi connectivity index (χ4v) is 2.28. The van der Waals surface area contributed by atoms with Gasteiger partial charge in [-0.05, 0) is 28.8 Å². The van der Waals surface area contributed by atoms with Crippen molar-refractivity contribution in [2.75, 3.05) is 6.54 Å². The van der Waals surface area contributed by atoms with Crippen LogP contribution in [0.25, 0.3) is 0 Å². The lowest BCUT2D eigenvalue weighted by Crippen LogP contribution is -2.37. The van der Waals surface area contributed by atoms with Gasteiger partial charge in [-0.2, -0.15) is 5.10 Å². The van der Waals surface area contributed by atoms with Gasteiger partial charge in [0, 0.05) is 13.1 Å². The molecule has 5 heteroatoms. The van der Waals surface area contributed by atoms with E-state index in [1.54, 1.807) is 6.20 Å². The summed E-state index contributed by atoms with van der Waals surface area (Å²) in [5, 5.41) is 14.6. The number of aromatic nitrogens is 2. The maximum absolute atomic E-state index is 10.4. The van der Waals surface area contributed by atoms with Gasteiger partial charge in [-0.15, -0.1) is 0 Å². The molecule has 0 saturated heterocycles. The number of aliphatic hydroxyl groups is 1.